The zero-order valence-electron chi connectivity index (χ0n) is 17.9. The van der Waals surface area contributed by atoms with E-state index in [4.69, 9.17) is 24.6 Å². The van der Waals surface area contributed by atoms with Crippen LogP contribution >= 0.6 is 0 Å². The van der Waals surface area contributed by atoms with Gasteiger partial charge in [0, 0.05) is 18.7 Å². The Morgan fingerprint density at radius 1 is 1.38 bits per heavy atom. The minimum atomic E-state index is -5.08. The van der Waals surface area contributed by atoms with Crippen LogP contribution in [-0.4, -0.2) is 91.6 Å². The number of likely N-dealkylation sites (N-methyl/N-ethyl adjacent to an activating group) is 1. The van der Waals surface area contributed by atoms with Crippen molar-refractivity contribution in [2.75, 3.05) is 46.9 Å². The van der Waals surface area contributed by atoms with Gasteiger partial charge in [-0.25, -0.2) is 4.79 Å². The average molecular weight is 457 g/mol. The molecule has 32 heavy (non-hydrogen) atoms. The van der Waals surface area contributed by atoms with Crippen molar-refractivity contribution in [2.45, 2.75) is 30.7 Å². The van der Waals surface area contributed by atoms with E-state index >= 15 is 0 Å². The van der Waals surface area contributed by atoms with Crippen molar-refractivity contribution in [3.8, 4) is 6.07 Å². The summed E-state index contributed by atoms with van der Waals surface area (Å²) in [5, 5.41) is 16.2. The summed E-state index contributed by atoms with van der Waals surface area (Å²) in [6.45, 7) is 2.98. The molecule has 0 radical (unpaired) electrons. The van der Waals surface area contributed by atoms with Gasteiger partial charge in [0.1, 0.15) is 5.60 Å². The van der Waals surface area contributed by atoms with Crippen molar-refractivity contribution in [1.82, 2.24) is 9.80 Å². The van der Waals surface area contributed by atoms with Crippen LogP contribution in [0.1, 0.15) is 28.8 Å². The maximum Gasteiger partial charge on any atom is 0.490 e. The molecule has 2 aliphatic heterocycles. The number of halogens is 3. The zero-order chi connectivity index (χ0) is 23.9. The molecule has 1 aromatic rings. The maximum absolute atomic E-state index is 12.9. The Labute approximate surface area is 184 Å². The van der Waals surface area contributed by atoms with Crippen LogP contribution in [0.25, 0.3) is 0 Å². The second kappa shape index (κ2) is 10.8. The molecule has 1 aromatic carbocycles. The zero-order valence-corrected chi connectivity index (χ0v) is 17.9. The highest BCUT2D eigenvalue weighted by Crippen LogP contribution is 2.33. The van der Waals surface area contributed by atoms with Crippen molar-refractivity contribution < 1.29 is 37.3 Å². The maximum atomic E-state index is 12.9. The third-order valence-electron chi connectivity index (χ3n) is 5.03. The molecule has 11 heteroatoms. The Morgan fingerprint density at radius 3 is 2.66 bits per heavy atom. The molecule has 2 unspecified atom stereocenters. The molecule has 3 rings (SSSR count). The van der Waals surface area contributed by atoms with E-state index in [9.17, 15) is 18.0 Å². The molecule has 0 aliphatic carbocycles. The summed E-state index contributed by atoms with van der Waals surface area (Å²) >= 11 is 0. The Bertz CT molecular complexity index is 856. The monoisotopic (exact) mass is 457 g/mol. The van der Waals surface area contributed by atoms with E-state index in [1.165, 1.54) is 0 Å². The van der Waals surface area contributed by atoms with Crippen LogP contribution in [0, 0.1) is 11.3 Å². The number of carboxylic acids is 1. The first-order valence-electron chi connectivity index (χ1n) is 9.95. The molecule has 2 heterocycles. The average Bonchev–Trinajstić information content (AvgIpc) is 2.98. The smallest absolute Gasteiger partial charge is 0.475 e. The van der Waals surface area contributed by atoms with Gasteiger partial charge < -0.3 is 24.4 Å². The number of nitriles is 1. The van der Waals surface area contributed by atoms with Gasteiger partial charge in [0.05, 0.1) is 37.5 Å². The van der Waals surface area contributed by atoms with Gasteiger partial charge in [-0.05, 0) is 45.1 Å². The van der Waals surface area contributed by atoms with Crippen molar-refractivity contribution in [1.29, 1.82) is 5.26 Å². The number of nitrogens with zero attached hydrogens (tertiary/aromatic N) is 3. The van der Waals surface area contributed by atoms with Crippen LogP contribution in [0.3, 0.4) is 0 Å². The standard InChI is InChI=1S/C19H25N3O3.C2HF3O2/c1-21(2)12-17-6-7-19(25-17)13-22(8-9-24-14-19)18(23)16-5-3-4-15(10-16)11-20;3-2(4,5)1(6)7/h3-5,10,17H,6-9,12-14H2,1-2H3;(H,6,7). The highest BCUT2D eigenvalue weighted by Gasteiger charge is 2.44. The predicted octanol–water partition coefficient (Wildman–Crippen LogP) is 2.14. The second-order valence-electron chi connectivity index (χ2n) is 8.00. The summed E-state index contributed by atoms with van der Waals surface area (Å²) in [4.78, 5) is 25.7. The van der Waals surface area contributed by atoms with Crippen molar-refractivity contribution >= 4 is 11.9 Å². The van der Waals surface area contributed by atoms with Crippen LogP contribution in [-0.2, 0) is 14.3 Å². The first-order valence-corrected chi connectivity index (χ1v) is 9.95. The molecular formula is C21H26F3N3O5. The van der Waals surface area contributed by atoms with Crippen molar-refractivity contribution in [3.05, 3.63) is 35.4 Å². The summed E-state index contributed by atoms with van der Waals surface area (Å²) in [6, 6.07) is 8.93. The number of ether oxygens (including phenoxy) is 2. The van der Waals surface area contributed by atoms with Crippen LogP contribution in [0.5, 0.6) is 0 Å². The summed E-state index contributed by atoms with van der Waals surface area (Å²) in [6.07, 6.45) is -3.03. The van der Waals surface area contributed by atoms with E-state index in [-0.39, 0.29) is 12.0 Å². The van der Waals surface area contributed by atoms with E-state index in [0.29, 0.717) is 37.4 Å². The Morgan fingerprint density at radius 2 is 2.06 bits per heavy atom. The van der Waals surface area contributed by atoms with Gasteiger partial charge in [-0.1, -0.05) is 6.07 Å². The van der Waals surface area contributed by atoms with E-state index in [1.54, 1.807) is 24.3 Å². The summed E-state index contributed by atoms with van der Waals surface area (Å²) in [5.41, 5.74) is 0.619. The number of carbonyl (C=O) groups excluding carboxylic acids is 1. The normalized spacial score (nSPS) is 23.3. The summed E-state index contributed by atoms with van der Waals surface area (Å²) in [7, 11) is 4.08. The lowest BCUT2D eigenvalue weighted by Gasteiger charge is -2.32. The number of amides is 1. The highest BCUT2D eigenvalue weighted by atomic mass is 19.4. The minimum Gasteiger partial charge on any atom is -0.475 e. The summed E-state index contributed by atoms with van der Waals surface area (Å²) < 4.78 is 43.8. The minimum absolute atomic E-state index is 0.0679. The van der Waals surface area contributed by atoms with E-state index in [0.717, 1.165) is 19.4 Å². The van der Waals surface area contributed by atoms with E-state index < -0.39 is 17.7 Å². The van der Waals surface area contributed by atoms with Crippen LogP contribution < -0.4 is 0 Å². The van der Waals surface area contributed by atoms with Gasteiger partial charge in [0.15, 0.2) is 0 Å². The summed E-state index contributed by atoms with van der Waals surface area (Å²) in [5.74, 6) is -2.82. The quantitative estimate of drug-likeness (QED) is 0.742. The van der Waals surface area contributed by atoms with Gasteiger partial charge in [0.2, 0.25) is 0 Å². The molecule has 0 aromatic heterocycles. The van der Waals surface area contributed by atoms with Crippen molar-refractivity contribution in [3.63, 3.8) is 0 Å². The van der Waals surface area contributed by atoms with Gasteiger partial charge in [-0.2, -0.15) is 18.4 Å². The van der Waals surface area contributed by atoms with Crippen molar-refractivity contribution in [2.24, 2.45) is 0 Å². The fourth-order valence-electron chi connectivity index (χ4n) is 3.64. The second-order valence-corrected chi connectivity index (χ2v) is 8.00. The van der Waals surface area contributed by atoms with Crippen LogP contribution in [0.15, 0.2) is 24.3 Å². The number of rotatable bonds is 3. The molecular weight excluding hydrogens is 431 g/mol. The number of hydrogen-bond acceptors (Lipinski definition) is 6. The Hall–Kier alpha value is -2.68. The first-order chi connectivity index (χ1) is 15.0. The van der Waals surface area contributed by atoms with Crippen LogP contribution in [0.2, 0.25) is 0 Å². The molecule has 2 aliphatic rings. The molecule has 2 atom stereocenters. The first kappa shape index (κ1) is 25.6. The Balaban J connectivity index is 0.000000451. The molecule has 176 valence electrons. The fourth-order valence-corrected chi connectivity index (χ4v) is 3.64. The molecule has 1 amide bonds. The highest BCUT2D eigenvalue weighted by molar-refractivity contribution is 5.94. The number of benzene rings is 1. The molecule has 8 nitrogen and oxygen atoms in total. The van der Waals surface area contributed by atoms with Gasteiger partial charge in [0.25, 0.3) is 5.91 Å². The number of hydrogen-bond donors (Lipinski definition) is 1. The third-order valence-corrected chi connectivity index (χ3v) is 5.03. The number of aliphatic carboxylic acids is 1. The van der Waals surface area contributed by atoms with Crippen LogP contribution in [0.4, 0.5) is 13.2 Å². The SMILES string of the molecule is CN(C)CC1CCC2(COCCN(C(=O)c3cccc(C#N)c3)C2)O1.O=C(O)C(F)(F)F. The number of carboxylic acid groups (broad SMARTS) is 1. The van der Waals surface area contributed by atoms with E-state index in [2.05, 4.69) is 11.0 Å². The van der Waals surface area contributed by atoms with E-state index in [1.807, 2.05) is 19.0 Å². The van der Waals surface area contributed by atoms with Gasteiger partial charge in [-0.15, -0.1) is 0 Å². The Kier molecular flexibility index (Phi) is 8.60. The molecule has 0 bridgehead atoms. The van der Waals surface area contributed by atoms with Gasteiger partial charge >= 0.3 is 12.1 Å². The topological polar surface area (TPSA) is 103 Å². The lowest BCUT2D eigenvalue weighted by Crippen LogP contribution is -2.47. The largest absolute Gasteiger partial charge is 0.490 e. The molecule has 1 N–H and O–H groups in total. The predicted molar refractivity (Wildman–Crippen MR) is 107 cm³/mol. The number of alkyl halides is 3. The lowest BCUT2D eigenvalue weighted by molar-refractivity contribution is -0.192. The fraction of sp³-hybridized carbons (Fsp3) is 0.571. The number of carbonyl (C=O) groups is 2. The molecule has 2 saturated heterocycles. The molecule has 2 fully saturated rings. The molecule has 0 saturated carbocycles. The lowest BCUT2D eigenvalue weighted by atomic mass is 9.99. The molecule has 1 spiro atoms. The third kappa shape index (κ3) is 7.19. The van der Waals surface area contributed by atoms with Gasteiger partial charge in [-0.3, -0.25) is 4.79 Å².